The molecule has 2 heterocycles. The molecule has 0 atom stereocenters. The van der Waals surface area contributed by atoms with Crippen LogP contribution in [0.5, 0.6) is 11.5 Å². The van der Waals surface area contributed by atoms with Crippen molar-refractivity contribution in [2.75, 3.05) is 17.4 Å². The van der Waals surface area contributed by atoms with Crippen molar-refractivity contribution in [1.29, 1.82) is 0 Å². The summed E-state index contributed by atoms with van der Waals surface area (Å²) in [7, 11) is 0. The summed E-state index contributed by atoms with van der Waals surface area (Å²) in [6.07, 6.45) is 0.00685. The van der Waals surface area contributed by atoms with E-state index in [2.05, 4.69) is 15.6 Å². The van der Waals surface area contributed by atoms with E-state index in [1.165, 1.54) is 29.5 Å². The average molecular weight is 399 g/mol. The topological polar surface area (TPSA) is 89.6 Å². The summed E-state index contributed by atoms with van der Waals surface area (Å²) in [5, 5.41) is 7.35. The van der Waals surface area contributed by atoms with Gasteiger partial charge in [0.25, 0.3) is 5.91 Å². The van der Waals surface area contributed by atoms with Crippen LogP contribution in [0.4, 0.5) is 15.2 Å². The number of fused-ring (bicyclic) bond motifs is 1. The summed E-state index contributed by atoms with van der Waals surface area (Å²) in [6.45, 7) is 0.133. The molecule has 142 valence electrons. The summed E-state index contributed by atoms with van der Waals surface area (Å²) in [5.74, 6) is 0.00632. The number of hydrogen-bond donors (Lipinski definition) is 2. The smallest absolute Gasteiger partial charge is 0.257 e. The monoisotopic (exact) mass is 399 g/mol. The maximum Gasteiger partial charge on any atom is 0.257 e. The molecule has 0 unspecified atom stereocenters. The second-order valence-corrected chi connectivity index (χ2v) is 6.76. The van der Waals surface area contributed by atoms with Crippen molar-refractivity contribution in [3.05, 3.63) is 64.9 Å². The van der Waals surface area contributed by atoms with Gasteiger partial charge in [0, 0.05) is 16.6 Å². The van der Waals surface area contributed by atoms with E-state index in [1.807, 2.05) is 0 Å². The highest BCUT2D eigenvalue weighted by molar-refractivity contribution is 7.14. The number of nitrogens with zero attached hydrogens (tertiary/aromatic N) is 1. The van der Waals surface area contributed by atoms with Gasteiger partial charge in [0.1, 0.15) is 5.82 Å². The first-order valence-corrected chi connectivity index (χ1v) is 9.15. The first-order chi connectivity index (χ1) is 13.6. The van der Waals surface area contributed by atoms with E-state index in [4.69, 9.17) is 9.47 Å². The molecule has 1 aliphatic heterocycles. The molecule has 0 saturated heterocycles. The van der Waals surface area contributed by atoms with E-state index in [9.17, 15) is 14.0 Å². The number of hydrogen-bond acceptors (Lipinski definition) is 6. The highest BCUT2D eigenvalue weighted by Crippen LogP contribution is 2.32. The van der Waals surface area contributed by atoms with Crippen molar-refractivity contribution >= 4 is 34.0 Å². The fourth-order valence-corrected chi connectivity index (χ4v) is 3.29. The molecular weight excluding hydrogens is 385 g/mol. The molecule has 0 spiro atoms. The summed E-state index contributed by atoms with van der Waals surface area (Å²) in [5.41, 5.74) is 1.28. The van der Waals surface area contributed by atoms with Crippen molar-refractivity contribution < 1.29 is 23.5 Å². The van der Waals surface area contributed by atoms with E-state index in [0.717, 1.165) is 0 Å². The molecule has 2 amide bonds. The maximum atomic E-state index is 13.2. The number of aromatic nitrogens is 1. The van der Waals surface area contributed by atoms with Gasteiger partial charge in [0.15, 0.2) is 16.6 Å². The number of anilines is 2. The van der Waals surface area contributed by atoms with Crippen molar-refractivity contribution in [2.24, 2.45) is 0 Å². The number of rotatable bonds is 5. The maximum absolute atomic E-state index is 13.2. The van der Waals surface area contributed by atoms with Crippen LogP contribution in [0.15, 0.2) is 47.8 Å². The molecule has 7 nitrogen and oxygen atoms in total. The molecule has 1 aliphatic rings. The van der Waals surface area contributed by atoms with Gasteiger partial charge in [-0.3, -0.25) is 14.9 Å². The zero-order valence-corrected chi connectivity index (χ0v) is 15.2. The second-order valence-electron chi connectivity index (χ2n) is 5.90. The molecular formula is C19H14FN3O4S. The van der Waals surface area contributed by atoms with Crippen LogP contribution in [-0.4, -0.2) is 23.6 Å². The number of benzene rings is 2. The van der Waals surface area contributed by atoms with Gasteiger partial charge < -0.3 is 14.8 Å². The first kappa shape index (κ1) is 17.9. The number of thiazole rings is 1. The number of nitrogens with one attached hydrogen (secondary N) is 2. The SMILES string of the molecule is O=C(Cc1csc(NC(=O)c2ccc3c(c2)OCO3)n1)Nc1cccc(F)c1. The third-order valence-corrected chi connectivity index (χ3v) is 4.66. The Hall–Kier alpha value is -3.46. The van der Waals surface area contributed by atoms with Crippen molar-refractivity contribution in [2.45, 2.75) is 6.42 Å². The van der Waals surface area contributed by atoms with E-state index in [1.54, 1.807) is 29.6 Å². The van der Waals surface area contributed by atoms with Gasteiger partial charge in [-0.15, -0.1) is 11.3 Å². The van der Waals surface area contributed by atoms with E-state index >= 15 is 0 Å². The fraction of sp³-hybridized carbons (Fsp3) is 0.105. The Morgan fingerprint density at radius 1 is 1.11 bits per heavy atom. The third kappa shape index (κ3) is 4.09. The lowest BCUT2D eigenvalue weighted by atomic mass is 10.2. The molecule has 9 heteroatoms. The van der Waals surface area contributed by atoms with Crippen molar-refractivity contribution in [1.82, 2.24) is 4.98 Å². The van der Waals surface area contributed by atoms with Gasteiger partial charge in [-0.2, -0.15) is 0 Å². The normalized spacial score (nSPS) is 11.9. The lowest BCUT2D eigenvalue weighted by Gasteiger charge is -2.04. The van der Waals surface area contributed by atoms with Gasteiger partial charge in [0.2, 0.25) is 12.7 Å². The summed E-state index contributed by atoms with van der Waals surface area (Å²) in [6, 6.07) is 10.5. The van der Waals surface area contributed by atoms with Crippen molar-refractivity contribution in [3.8, 4) is 11.5 Å². The zero-order chi connectivity index (χ0) is 19.5. The minimum absolute atomic E-state index is 0.00685. The Bertz CT molecular complexity index is 1050. The van der Waals surface area contributed by atoms with Gasteiger partial charge in [-0.25, -0.2) is 9.37 Å². The molecule has 1 aromatic heterocycles. The molecule has 0 aliphatic carbocycles. The van der Waals surface area contributed by atoms with Crippen LogP contribution in [0.25, 0.3) is 0 Å². The van der Waals surface area contributed by atoms with Crippen LogP contribution in [0.2, 0.25) is 0 Å². The van der Waals surface area contributed by atoms with Gasteiger partial charge in [-0.1, -0.05) is 6.07 Å². The largest absolute Gasteiger partial charge is 0.454 e. The molecule has 0 fully saturated rings. The summed E-state index contributed by atoms with van der Waals surface area (Å²) in [4.78, 5) is 28.7. The van der Waals surface area contributed by atoms with Gasteiger partial charge >= 0.3 is 0 Å². The Morgan fingerprint density at radius 3 is 2.82 bits per heavy atom. The number of carbonyl (C=O) groups is 2. The number of halogens is 1. The number of ether oxygens (including phenoxy) is 2. The van der Waals surface area contributed by atoms with Crippen LogP contribution in [-0.2, 0) is 11.2 Å². The van der Waals surface area contributed by atoms with E-state index in [0.29, 0.717) is 33.6 Å². The molecule has 0 bridgehead atoms. The summed E-state index contributed by atoms with van der Waals surface area (Å²) < 4.78 is 23.6. The Morgan fingerprint density at radius 2 is 1.96 bits per heavy atom. The minimum atomic E-state index is -0.431. The highest BCUT2D eigenvalue weighted by atomic mass is 32.1. The van der Waals surface area contributed by atoms with Gasteiger partial charge in [0.05, 0.1) is 12.1 Å². The predicted octanol–water partition coefficient (Wildman–Crippen LogP) is 3.44. The quantitative estimate of drug-likeness (QED) is 0.686. The fourth-order valence-electron chi connectivity index (χ4n) is 2.59. The van der Waals surface area contributed by atoms with Crippen LogP contribution in [0.1, 0.15) is 16.1 Å². The number of amides is 2. The Balaban J connectivity index is 1.36. The molecule has 3 aromatic rings. The lowest BCUT2D eigenvalue weighted by molar-refractivity contribution is -0.115. The third-order valence-electron chi connectivity index (χ3n) is 3.86. The summed E-state index contributed by atoms with van der Waals surface area (Å²) >= 11 is 1.21. The highest BCUT2D eigenvalue weighted by Gasteiger charge is 2.17. The predicted molar refractivity (Wildman–Crippen MR) is 101 cm³/mol. The first-order valence-electron chi connectivity index (χ1n) is 8.28. The molecule has 28 heavy (non-hydrogen) atoms. The van der Waals surface area contributed by atoms with Crippen LogP contribution in [0.3, 0.4) is 0 Å². The zero-order valence-electron chi connectivity index (χ0n) is 14.4. The van der Waals surface area contributed by atoms with Crippen LogP contribution >= 0.6 is 11.3 Å². The minimum Gasteiger partial charge on any atom is -0.454 e. The van der Waals surface area contributed by atoms with E-state index < -0.39 is 5.82 Å². The second kappa shape index (κ2) is 7.65. The molecule has 2 N–H and O–H groups in total. The van der Waals surface area contributed by atoms with Crippen LogP contribution in [0, 0.1) is 5.82 Å². The van der Waals surface area contributed by atoms with Crippen molar-refractivity contribution in [3.63, 3.8) is 0 Å². The Labute approximate surface area is 163 Å². The molecule has 0 radical (unpaired) electrons. The standard InChI is InChI=1S/C19H14FN3O4S/c20-12-2-1-3-13(7-12)21-17(24)8-14-9-28-19(22-14)23-18(25)11-4-5-15-16(6-11)27-10-26-15/h1-7,9H,8,10H2,(H,21,24)(H,22,23,25). The molecule has 4 rings (SSSR count). The average Bonchev–Trinajstić information content (AvgIpc) is 3.30. The van der Waals surface area contributed by atoms with Gasteiger partial charge in [-0.05, 0) is 36.4 Å². The Kier molecular flexibility index (Phi) is 4.90. The lowest BCUT2D eigenvalue weighted by Crippen LogP contribution is -2.15. The molecule has 2 aromatic carbocycles. The number of carbonyl (C=O) groups excluding carboxylic acids is 2. The van der Waals surface area contributed by atoms with Crippen LogP contribution < -0.4 is 20.1 Å². The molecule has 0 saturated carbocycles. The van der Waals surface area contributed by atoms with E-state index in [-0.39, 0.29) is 25.0 Å².